The van der Waals surface area contributed by atoms with Crippen LogP contribution in [-0.4, -0.2) is 22.4 Å². The van der Waals surface area contributed by atoms with Gasteiger partial charge in [0.1, 0.15) is 0 Å². The first kappa shape index (κ1) is 15.4. The van der Waals surface area contributed by atoms with Gasteiger partial charge in [0.25, 0.3) is 0 Å². The number of hydrogen-bond donors (Lipinski definition) is 2. The summed E-state index contributed by atoms with van der Waals surface area (Å²) in [7, 11) is -7.70. The molecule has 1 aromatic rings. The highest BCUT2D eigenvalue weighted by molar-refractivity contribution is 7.90. The molecule has 0 bridgehead atoms. The number of benzene rings is 1. The Hall–Kier alpha value is -0.960. The zero-order chi connectivity index (χ0) is 15.2. The smallest absolute Gasteiger partial charge is 0.225 e. The molecule has 0 radical (unpaired) electrons. The van der Waals surface area contributed by atoms with Crippen molar-refractivity contribution in [2.45, 2.75) is 42.0 Å². The second kappa shape index (κ2) is 4.80. The van der Waals surface area contributed by atoms with Gasteiger partial charge in [0, 0.05) is 5.54 Å². The Morgan fingerprint density at radius 1 is 1.15 bits per heavy atom. The van der Waals surface area contributed by atoms with Crippen LogP contribution in [0.3, 0.4) is 0 Å². The number of primary sulfonamides is 1. The van der Waals surface area contributed by atoms with Gasteiger partial charge in [-0.2, -0.15) is 0 Å². The minimum absolute atomic E-state index is 0.0993. The standard InChI is InChI=1S/C12H18N2O4S2/c1-12(2,9-6-7-9)14-20(17,18)11-5-3-4-10(8-11)19(13,15)16/h3-5,8-9,14H,6-7H2,1-2H3,(H2,13,15,16). The SMILES string of the molecule is CC(C)(NS(=O)(=O)c1cccc(S(N)(=O)=O)c1)C1CC1. The molecule has 0 aromatic heterocycles. The van der Waals surface area contributed by atoms with Gasteiger partial charge in [-0.25, -0.2) is 26.7 Å². The summed E-state index contributed by atoms with van der Waals surface area (Å²) in [6, 6.07) is 5.04. The number of hydrogen-bond acceptors (Lipinski definition) is 4. The molecule has 0 spiro atoms. The van der Waals surface area contributed by atoms with E-state index in [0.29, 0.717) is 5.92 Å². The van der Waals surface area contributed by atoms with Crippen LogP contribution in [0.2, 0.25) is 0 Å². The number of sulfonamides is 2. The molecule has 8 heteroatoms. The molecule has 6 nitrogen and oxygen atoms in total. The summed E-state index contributed by atoms with van der Waals surface area (Å²) in [5.41, 5.74) is -0.545. The molecule has 0 amide bonds. The van der Waals surface area contributed by atoms with Crippen LogP contribution in [-0.2, 0) is 20.0 Å². The Morgan fingerprint density at radius 3 is 2.20 bits per heavy atom. The molecular weight excluding hydrogens is 300 g/mol. The molecule has 1 aromatic carbocycles. The van der Waals surface area contributed by atoms with E-state index in [0.717, 1.165) is 18.9 Å². The number of nitrogens with two attached hydrogens (primary N) is 1. The molecule has 1 aliphatic rings. The average molecular weight is 318 g/mol. The third-order valence-corrected chi connectivity index (χ3v) is 6.02. The van der Waals surface area contributed by atoms with E-state index in [-0.39, 0.29) is 9.79 Å². The van der Waals surface area contributed by atoms with Crippen LogP contribution in [0, 0.1) is 5.92 Å². The van der Waals surface area contributed by atoms with Crippen molar-refractivity contribution in [2.75, 3.05) is 0 Å². The third-order valence-electron chi connectivity index (χ3n) is 3.44. The number of rotatable bonds is 5. The molecule has 0 saturated heterocycles. The van der Waals surface area contributed by atoms with E-state index in [1.807, 2.05) is 13.8 Å². The van der Waals surface area contributed by atoms with Gasteiger partial charge in [0.2, 0.25) is 20.0 Å². The molecule has 1 fully saturated rings. The largest absolute Gasteiger partial charge is 0.241 e. The zero-order valence-electron chi connectivity index (χ0n) is 11.3. The van der Waals surface area contributed by atoms with Crippen molar-refractivity contribution < 1.29 is 16.8 Å². The highest BCUT2D eigenvalue weighted by atomic mass is 32.2. The maximum atomic E-state index is 12.3. The lowest BCUT2D eigenvalue weighted by Gasteiger charge is -2.25. The Balaban J connectivity index is 2.35. The predicted molar refractivity (Wildman–Crippen MR) is 74.9 cm³/mol. The van der Waals surface area contributed by atoms with E-state index in [9.17, 15) is 16.8 Å². The summed E-state index contributed by atoms with van der Waals surface area (Å²) in [6.07, 6.45) is 1.99. The summed E-state index contributed by atoms with van der Waals surface area (Å²) in [5, 5.41) is 5.01. The highest BCUT2D eigenvalue weighted by Gasteiger charge is 2.40. The van der Waals surface area contributed by atoms with E-state index in [4.69, 9.17) is 5.14 Å². The van der Waals surface area contributed by atoms with Crippen LogP contribution in [0.1, 0.15) is 26.7 Å². The van der Waals surface area contributed by atoms with E-state index in [2.05, 4.69) is 4.72 Å². The molecular formula is C12H18N2O4S2. The van der Waals surface area contributed by atoms with Crippen LogP contribution >= 0.6 is 0 Å². The van der Waals surface area contributed by atoms with Crippen molar-refractivity contribution in [3.05, 3.63) is 24.3 Å². The normalized spacial score (nSPS) is 17.1. The van der Waals surface area contributed by atoms with Crippen LogP contribution in [0.4, 0.5) is 0 Å². The van der Waals surface area contributed by atoms with Crippen LogP contribution in [0.15, 0.2) is 34.1 Å². The molecule has 0 atom stereocenters. The van der Waals surface area contributed by atoms with Gasteiger partial charge < -0.3 is 0 Å². The van der Waals surface area contributed by atoms with Gasteiger partial charge in [-0.15, -0.1) is 0 Å². The first-order valence-corrected chi connectivity index (χ1v) is 9.22. The zero-order valence-corrected chi connectivity index (χ0v) is 13.0. The third kappa shape index (κ3) is 3.38. The summed E-state index contributed by atoms with van der Waals surface area (Å²) < 4.78 is 49.8. The quantitative estimate of drug-likeness (QED) is 0.837. The van der Waals surface area contributed by atoms with Crippen LogP contribution in [0.5, 0.6) is 0 Å². The molecule has 1 aliphatic carbocycles. The predicted octanol–water partition coefficient (Wildman–Crippen LogP) is 0.801. The molecule has 20 heavy (non-hydrogen) atoms. The minimum Gasteiger partial charge on any atom is -0.225 e. The van der Waals surface area contributed by atoms with Crippen molar-refractivity contribution in [3.63, 3.8) is 0 Å². The van der Waals surface area contributed by atoms with Crippen LogP contribution < -0.4 is 9.86 Å². The molecule has 0 unspecified atom stereocenters. The fourth-order valence-electron chi connectivity index (χ4n) is 2.11. The summed E-state index contributed by atoms with van der Waals surface area (Å²) in [4.78, 5) is -0.317. The summed E-state index contributed by atoms with van der Waals surface area (Å²) in [6.45, 7) is 3.65. The van der Waals surface area contributed by atoms with E-state index >= 15 is 0 Å². The topological polar surface area (TPSA) is 106 Å². The maximum Gasteiger partial charge on any atom is 0.241 e. The van der Waals surface area contributed by atoms with Gasteiger partial charge in [-0.1, -0.05) is 6.07 Å². The van der Waals surface area contributed by atoms with Crippen molar-refractivity contribution >= 4 is 20.0 Å². The molecule has 0 aliphatic heterocycles. The average Bonchev–Trinajstić information content (AvgIpc) is 3.10. The summed E-state index contributed by atoms with van der Waals surface area (Å²) >= 11 is 0. The Kier molecular flexibility index (Phi) is 3.70. The summed E-state index contributed by atoms with van der Waals surface area (Å²) in [5.74, 6) is 0.318. The van der Waals surface area contributed by atoms with Crippen molar-refractivity contribution in [3.8, 4) is 0 Å². The minimum atomic E-state index is -3.93. The first-order chi connectivity index (χ1) is 9.02. The fourth-order valence-corrected chi connectivity index (χ4v) is 4.26. The van der Waals surface area contributed by atoms with Crippen molar-refractivity contribution in [1.29, 1.82) is 0 Å². The van der Waals surface area contributed by atoms with Crippen LogP contribution in [0.25, 0.3) is 0 Å². The van der Waals surface area contributed by atoms with E-state index < -0.39 is 25.6 Å². The van der Waals surface area contributed by atoms with Gasteiger partial charge in [0.05, 0.1) is 9.79 Å². The number of nitrogens with one attached hydrogen (secondary N) is 1. The monoisotopic (exact) mass is 318 g/mol. The van der Waals surface area contributed by atoms with Gasteiger partial charge in [-0.3, -0.25) is 0 Å². The Labute approximate surface area is 119 Å². The van der Waals surface area contributed by atoms with Crippen molar-refractivity contribution in [1.82, 2.24) is 4.72 Å². The lowest BCUT2D eigenvalue weighted by Crippen LogP contribution is -2.45. The second-order valence-corrected chi connectivity index (χ2v) is 8.87. The van der Waals surface area contributed by atoms with Gasteiger partial charge in [0.15, 0.2) is 0 Å². The molecule has 1 saturated carbocycles. The molecule has 2 rings (SSSR count). The van der Waals surface area contributed by atoms with E-state index in [1.165, 1.54) is 18.2 Å². The second-order valence-electron chi connectivity index (χ2n) is 5.62. The van der Waals surface area contributed by atoms with E-state index in [1.54, 1.807) is 0 Å². The first-order valence-electron chi connectivity index (χ1n) is 6.19. The lowest BCUT2D eigenvalue weighted by molar-refractivity contribution is 0.400. The molecule has 3 N–H and O–H groups in total. The van der Waals surface area contributed by atoms with Gasteiger partial charge >= 0.3 is 0 Å². The van der Waals surface area contributed by atoms with Gasteiger partial charge in [-0.05, 0) is 50.8 Å². The highest BCUT2D eigenvalue weighted by Crippen LogP contribution is 2.39. The van der Waals surface area contributed by atoms with Crippen molar-refractivity contribution in [2.24, 2.45) is 11.1 Å². The lowest BCUT2D eigenvalue weighted by atomic mass is 10.0. The molecule has 0 heterocycles. The maximum absolute atomic E-state index is 12.3. The fraction of sp³-hybridized carbons (Fsp3) is 0.500. The molecule has 112 valence electrons. The Bertz CT molecular complexity index is 720. The Morgan fingerprint density at radius 2 is 1.70 bits per heavy atom.